The van der Waals surface area contributed by atoms with Crippen LogP contribution in [0.1, 0.15) is 36.8 Å². The lowest BCUT2D eigenvalue weighted by Crippen LogP contribution is -2.37. The highest BCUT2D eigenvalue weighted by Gasteiger charge is 2.37. The Morgan fingerprint density at radius 2 is 1.73 bits per heavy atom. The molecule has 0 bridgehead atoms. The predicted octanol–water partition coefficient (Wildman–Crippen LogP) is 6.00. The van der Waals surface area contributed by atoms with Gasteiger partial charge in [-0.2, -0.15) is 5.26 Å². The highest BCUT2D eigenvalue weighted by atomic mass is 32.9. The second-order valence-electron chi connectivity index (χ2n) is 7.41. The van der Waals surface area contributed by atoms with Crippen LogP contribution in [0.4, 0.5) is 0 Å². The Bertz CT molecular complexity index is 1030. The number of nitriles is 1. The highest BCUT2D eigenvalue weighted by molar-refractivity contribution is 8.69. The fourth-order valence-corrected chi connectivity index (χ4v) is 9.62. The van der Waals surface area contributed by atoms with Crippen LogP contribution < -0.4 is 5.09 Å². The van der Waals surface area contributed by atoms with Crippen molar-refractivity contribution in [3.63, 3.8) is 0 Å². The molecule has 0 spiro atoms. The van der Waals surface area contributed by atoms with Gasteiger partial charge >= 0.3 is 0 Å². The fourth-order valence-electron chi connectivity index (χ4n) is 3.75. The molecule has 0 radical (unpaired) electrons. The molecule has 2 aliphatic rings. The average Bonchev–Trinajstić information content (AvgIpc) is 3.05. The Hall–Kier alpha value is -2.06. The number of nitrogens with zero attached hydrogens (tertiary/aromatic N) is 3. The van der Waals surface area contributed by atoms with E-state index >= 15 is 0 Å². The van der Waals surface area contributed by atoms with Crippen LogP contribution in [0.25, 0.3) is 0 Å². The molecule has 1 unspecified atom stereocenters. The zero-order chi connectivity index (χ0) is 20.8. The summed E-state index contributed by atoms with van der Waals surface area (Å²) in [6.07, 6.45) is 4.29. The molecular formula is C23H25N4PS2. The van der Waals surface area contributed by atoms with Crippen LogP contribution in [0.3, 0.4) is 0 Å². The number of rotatable bonds is 5. The Balaban J connectivity index is 1.67. The molecule has 30 heavy (non-hydrogen) atoms. The number of fused-ring (bicyclic) bond motifs is 1. The average molecular weight is 453 g/mol. The van der Waals surface area contributed by atoms with E-state index in [0.717, 1.165) is 42.8 Å². The number of nitrogens with one attached hydrogen (secondary N) is 1. The third kappa shape index (κ3) is 4.81. The minimum absolute atomic E-state index is 0.542. The Morgan fingerprint density at radius 3 is 2.43 bits per heavy atom. The molecular weight excluding hydrogens is 427 g/mol. The van der Waals surface area contributed by atoms with Gasteiger partial charge < -0.3 is 9.76 Å². The summed E-state index contributed by atoms with van der Waals surface area (Å²) >= 11 is 8.09. The van der Waals surface area contributed by atoms with Crippen molar-refractivity contribution in [2.45, 2.75) is 38.0 Å². The topological polar surface area (TPSA) is 51.4 Å². The van der Waals surface area contributed by atoms with Crippen molar-refractivity contribution in [1.29, 1.82) is 5.26 Å². The molecule has 2 heterocycles. The first kappa shape index (κ1) is 21.2. The number of amidine groups is 1. The van der Waals surface area contributed by atoms with Crippen LogP contribution in [-0.2, 0) is 24.1 Å². The van der Waals surface area contributed by atoms with Gasteiger partial charge in [-0.3, -0.25) is 4.99 Å². The number of benzene rings is 2. The van der Waals surface area contributed by atoms with Crippen molar-refractivity contribution in [1.82, 2.24) is 9.76 Å². The van der Waals surface area contributed by atoms with Crippen LogP contribution in [-0.4, -0.2) is 17.1 Å². The molecule has 4 rings (SSSR count). The summed E-state index contributed by atoms with van der Waals surface area (Å²) in [6, 6.07) is 23.0. The third-order valence-corrected chi connectivity index (χ3v) is 11.8. The maximum absolute atomic E-state index is 9.98. The first-order valence-electron chi connectivity index (χ1n) is 10.3. The number of hydrogen-bond acceptors (Lipinski definition) is 4. The van der Waals surface area contributed by atoms with E-state index in [-0.39, 0.29) is 0 Å². The van der Waals surface area contributed by atoms with Crippen LogP contribution in [0, 0.1) is 11.3 Å². The molecule has 0 aliphatic carbocycles. The summed E-state index contributed by atoms with van der Waals surface area (Å²) < 4.78 is 2.35. The lowest BCUT2D eigenvalue weighted by Gasteiger charge is -2.42. The van der Waals surface area contributed by atoms with E-state index in [9.17, 15) is 5.26 Å². The van der Waals surface area contributed by atoms with E-state index in [1.165, 1.54) is 12.0 Å². The molecule has 0 saturated carbocycles. The Labute approximate surface area is 188 Å². The van der Waals surface area contributed by atoms with Crippen molar-refractivity contribution in [2.24, 2.45) is 4.99 Å². The molecule has 1 fully saturated rings. The first-order chi connectivity index (χ1) is 14.7. The molecule has 0 amide bonds. The number of allylic oxidation sites excluding steroid dienone is 1. The number of hydrogen-bond donors (Lipinski definition) is 1. The number of aliphatic imine (C=N–C) groups is 1. The second kappa shape index (κ2) is 9.83. The maximum atomic E-state index is 9.98. The Morgan fingerprint density at radius 1 is 1.03 bits per heavy atom. The minimum atomic E-state index is -2.17. The van der Waals surface area contributed by atoms with Gasteiger partial charge in [0.05, 0.1) is 6.54 Å². The van der Waals surface area contributed by atoms with Gasteiger partial charge in [-0.15, -0.1) is 0 Å². The van der Waals surface area contributed by atoms with Gasteiger partial charge in [-0.25, -0.2) is 0 Å². The normalized spacial score (nSPS) is 22.8. The van der Waals surface area contributed by atoms with Crippen molar-refractivity contribution >= 4 is 34.6 Å². The molecule has 0 aromatic heterocycles. The monoisotopic (exact) mass is 452 g/mol. The third-order valence-electron chi connectivity index (χ3n) is 5.31. The summed E-state index contributed by atoms with van der Waals surface area (Å²) in [4.78, 5) is 4.82. The lowest BCUT2D eigenvalue weighted by atomic mass is 10.1. The molecule has 1 saturated heterocycles. The van der Waals surface area contributed by atoms with E-state index in [2.05, 4.69) is 52.2 Å². The summed E-state index contributed by atoms with van der Waals surface area (Å²) in [5.41, 5.74) is 2.00. The zero-order valence-electron chi connectivity index (χ0n) is 16.8. The maximum Gasteiger partial charge on any atom is 0.178 e. The minimum Gasteiger partial charge on any atom is -0.323 e. The smallest absolute Gasteiger partial charge is 0.178 e. The predicted molar refractivity (Wildman–Crippen MR) is 131 cm³/mol. The van der Waals surface area contributed by atoms with Gasteiger partial charge in [-0.1, -0.05) is 78.5 Å². The molecule has 2 aromatic rings. The van der Waals surface area contributed by atoms with Gasteiger partial charge in [0.2, 0.25) is 0 Å². The summed E-state index contributed by atoms with van der Waals surface area (Å²) in [5, 5.41) is 13.6. The van der Waals surface area contributed by atoms with E-state index in [1.807, 2.05) is 24.3 Å². The van der Waals surface area contributed by atoms with E-state index < -0.39 is 5.54 Å². The fraction of sp³-hybridized carbons (Fsp3) is 0.304. The molecule has 1 N–H and O–H groups in total. The van der Waals surface area contributed by atoms with Crippen LogP contribution in [0.2, 0.25) is 0 Å². The van der Waals surface area contributed by atoms with Crippen molar-refractivity contribution in [3.05, 3.63) is 83.1 Å². The van der Waals surface area contributed by atoms with Crippen molar-refractivity contribution in [3.8, 4) is 6.07 Å². The SMILES string of the molecule is N#CC1=C2CCCCCN2P(=S)(SCc2ccccc2)NC1=NCc1ccccc1. The van der Waals surface area contributed by atoms with Crippen molar-refractivity contribution in [2.75, 3.05) is 6.54 Å². The van der Waals surface area contributed by atoms with E-state index in [1.54, 1.807) is 11.4 Å². The first-order valence-corrected chi connectivity index (χ1v) is 14.6. The van der Waals surface area contributed by atoms with Crippen LogP contribution in [0.15, 0.2) is 76.9 Å². The highest BCUT2D eigenvalue weighted by Crippen LogP contribution is 2.64. The van der Waals surface area contributed by atoms with Crippen LogP contribution in [0.5, 0.6) is 0 Å². The van der Waals surface area contributed by atoms with Crippen LogP contribution >= 0.6 is 16.9 Å². The standard InChI is InChI=1S/C23H25N4PS2/c24-16-21-22-14-8-3-9-15-27(22)28(29,30-18-20-12-6-2-7-13-20)26-23(21)25-17-19-10-4-1-5-11-19/h1-2,4-7,10-13H,3,8-9,14-15,17-18H2,(H,25,26,29). The molecule has 2 aromatic carbocycles. The van der Waals surface area contributed by atoms with Gasteiger partial charge in [0.15, 0.2) is 5.54 Å². The van der Waals surface area contributed by atoms with Gasteiger partial charge in [-0.05, 0) is 42.2 Å². The molecule has 1 atom stereocenters. The molecule has 2 aliphatic heterocycles. The summed E-state index contributed by atoms with van der Waals surface area (Å²) in [7, 11) is 0. The van der Waals surface area contributed by atoms with Gasteiger partial charge in [0.25, 0.3) is 0 Å². The zero-order valence-corrected chi connectivity index (χ0v) is 19.4. The molecule has 7 heteroatoms. The van der Waals surface area contributed by atoms with E-state index in [4.69, 9.17) is 16.8 Å². The largest absolute Gasteiger partial charge is 0.323 e. The quantitative estimate of drug-likeness (QED) is 0.564. The summed E-state index contributed by atoms with van der Waals surface area (Å²) in [5.74, 6) is 1.53. The van der Waals surface area contributed by atoms with Gasteiger partial charge in [0, 0.05) is 18.0 Å². The lowest BCUT2D eigenvalue weighted by molar-refractivity contribution is 0.544. The Kier molecular flexibility index (Phi) is 6.94. The van der Waals surface area contributed by atoms with Gasteiger partial charge in [0.1, 0.15) is 17.5 Å². The summed E-state index contributed by atoms with van der Waals surface area (Å²) in [6.45, 7) is 1.46. The van der Waals surface area contributed by atoms with E-state index in [0.29, 0.717) is 18.0 Å². The second-order valence-corrected chi connectivity index (χ2v) is 14.3. The molecule has 154 valence electrons. The molecule has 4 nitrogen and oxygen atoms in total. The van der Waals surface area contributed by atoms with Crippen molar-refractivity contribution < 1.29 is 0 Å².